The Morgan fingerprint density at radius 2 is 2.00 bits per heavy atom. The van der Waals surface area contributed by atoms with E-state index >= 15 is 0 Å². The van der Waals surface area contributed by atoms with Gasteiger partial charge in [-0.1, -0.05) is 15.9 Å². The fraction of sp³-hybridized carbons (Fsp3) is 0.364. The van der Waals surface area contributed by atoms with E-state index in [0.717, 1.165) is 23.1 Å². The average Bonchev–Trinajstić information content (AvgIpc) is 2.26. The molecule has 0 aliphatic carbocycles. The lowest BCUT2D eigenvalue weighted by Crippen LogP contribution is -2.18. The summed E-state index contributed by atoms with van der Waals surface area (Å²) in [7, 11) is 1.66. The summed E-state index contributed by atoms with van der Waals surface area (Å²) in [6, 6.07) is 7.98. The number of halogens is 1. The summed E-state index contributed by atoms with van der Waals surface area (Å²) in [4.78, 5) is 10.9. The fourth-order valence-corrected chi connectivity index (χ4v) is 1.44. The molecule has 0 aliphatic rings. The number of benzene rings is 1. The number of carbonyl (C=O) groups is 1. The van der Waals surface area contributed by atoms with Crippen LogP contribution in [0.5, 0.6) is 0 Å². The maximum atomic E-state index is 10.9. The zero-order valence-electron chi connectivity index (χ0n) is 8.72. The standard InChI is InChI=1S/C11H15BrN2O/c1-13-11(15)3-2-8-14-10-6-4-9(12)5-7-10/h4-7,14H,2-3,8H2,1H3,(H,13,15). The van der Waals surface area contributed by atoms with Crippen molar-refractivity contribution in [2.75, 3.05) is 18.9 Å². The Hall–Kier alpha value is -1.03. The second-order valence-electron chi connectivity index (χ2n) is 3.21. The maximum absolute atomic E-state index is 10.9. The van der Waals surface area contributed by atoms with Gasteiger partial charge in [-0.2, -0.15) is 0 Å². The summed E-state index contributed by atoms with van der Waals surface area (Å²) in [5.41, 5.74) is 1.08. The van der Waals surface area contributed by atoms with Gasteiger partial charge >= 0.3 is 0 Å². The lowest BCUT2D eigenvalue weighted by atomic mass is 10.2. The van der Waals surface area contributed by atoms with Gasteiger partial charge in [0.15, 0.2) is 0 Å². The van der Waals surface area contributed by atoms with Crippen LogP contribution in [0, 0.1) is 0 Å². The predicted molar refractivity (Wildman–Crippen MR) is 65.9 cm³/mol. The summed E-state index contributed by atoms with van der Waals surface area (Å²) < 4.78 is 1.07. The number of hydrogen-bond acceptors (Lipinski definition) is 2. The van der Waals surface area contributed by atoms with Crippen LogP contribution in [0.3, 0.4) is 0 Å². The molecule has 0 aromatic heterocycles. The molecule has 0 fully saturated rings. The molecule has 1 aromatic rings. The topological polar surface area (TPSA) is 41.1 Å². The third-order valence-corrected chi connectivity index (χ3v) is 2.56. The normalized spacial score (nSPS) is 9.73. The molecule has 0 unspecified atom stereocenters. The molecule has 0 atom stereocenters. The minimum absolute atomic E-state index is 0.0904. The number of amides is 1. The van der Waals surface area contributed by atoms with E-state index in [2.05, 4.69) is 26.6 Å². The van der Waals surface area contributed by atoms with Crippen molar-refractivity contribution in [3.8, 4) is 0 Å². The highest BCUT2D eigenvalue weighted by atomic mass is 79.9. The van der Waals surface area contributed by atoms with Crippen molar-refractivity contribution in [2.24, 2.45) is 0 Å². The molecule has 0 saturated carbocycles. The van der Waals surface area contributed by atoms with Crippen molar-refractivity contribution in [1.82, 2.24) is 5.32 Å². The van der Waals surface area contributed by atoms with Gasteiger partial charge in [-0.3, -0.25) is 4.79 Å². The largest absolute Gasteiger partial charge is 0.385 e. The summed E-state index contributed by atoms with van der Waals surface area (Å²) in [5.74, 6) is 0.0904. The van der Waals surface area contributed by atoms with Crippen LogP contribution in [0.1, 0.15) is 12.8 Å². The number of nitrogens with one attached hydrogen (secondary N) is 2. The van der Waals surface area contributed by atoms with Gasteiger partial charge in [0.1, 0.15) is 0 Å². The van der Waals surface area contributed by atoms with Crippen molar-refractivity contribution < 1.29 is 4.79 Å². The minimum atomic E-state index is 0.0904. The molecule has 1 aromatic carbocycles. The highest BCUT2D eigenvalue weighted by Crippen LogP contribution is 2.13. The second kappa shape index (κ2) is 6.45. The van der Waals surface area contributed by atoms with Crippen LogP contribution < -0.4 is 10.6 Å². The first kappa shape index (κ1) is 12.0. The van der Waals surface area contributed by atoms with E-state index < -0.39 is 0 Å². The van der Waals surface area contributed by atoms with Gasteiger partial charge in [0.25, 0.3) is 0 Å². The van der Waals surface area contributed by atoms with Crippen molar-refractivity contribution >= 4 is 27.5 Å². The Balaban J connectivity index is 2.20. The Bertz CT molecular complexity index is 311. The third kappa shape index (κ3) is 4.83. The average molecular weight is 271 g/mol. The molecule has 4 heteroatoms. The van der Waals surface area contributed by atoms with E-state index in [1.54, 1.807) is 7.05 Å². The van der Waals surface area contributed by atoms with Gasteiger partial charge in [0, 0.05) is 30.2 Å². The molecule has 0 spiro atoms. The Morgan fingerprint density at radius 1 is 1.33 bits per heavy atom. The molecular formula is C11H15BrN2O. The van der Waals surface area contributed by atoms with Crippen LogP contribution in [0.4, 0.5) is 5.69 Å². The SMILES string of the molecule is CNC(=O)CCCNc1ccc(Br)cc1. The van der Waals surface area contributed by atoms with Crippen LogP contribution in [0.25, 0.3) is 0 Å². The van der Waals surface area contributed by atoms with Crippen molar-refractivity contribution in [3.63, 3.8) is 0 Å². The highest BCUT2D eigenvalue weighted by molar-refractivity contribution is 9.10. The monoisotopic (exact) mass is 270 g/mol. The van der Waals surface area contributed by atoms with Crippen LogP contribution in [-0.4, -0.2) is 19.5 Å². The van der Waals surface area contributed by atoms with E-state index in [9.17, 15) is 4.79 Å². The van der Waals surface area contributed by atoms with Crippen molar-refractivity contribution in [3.05, 3.63) is 28.7 Å². The van der Waals surface area contributed by atoms with Crippen LogP contribution in [0.2, 0.25) is 0 Å². The first-order valence-electron chi connectivity index (χ1n) is 4.92. The molecule has 0 heterocycles. The van der Waals surface area contributed by atoms with E-state index in [4.69, 9.17) is 0 Å². The molecular weight excluding hydrogens is 256 g/mol. The Labute approximate surface area is 98.4 Å². The van der Waals surface area contributed by atoms with Gasteiger partial charge in [0.05, 0.1) is 0 Å². The second-order valence-corrected chi connectivity index (χ2v) is 4.13. The van der Waals surface area contributed by atoms with Gasteiger partial charge in [0.2, 0.25) is 5.91 Å². The summed E-state index contributed by atoms with van der Waals surface area (Å²) in [5, 5.41) is 5.85. The maximum Gasteiger partial charge on any atom is 0.219 e. The first-order chi connectivity index (χ1) is 7.22. The van der Waals surface area contributed by atoms with Crippen LogP contribution in [-0.2, 0) is 4.79 Å². The summed E-state index contributed by atoms with van der Waals surface area (Å²) in [6.45, 7) is 0.815. The molecule has 0 radical (unpaired) electrons. The summed E-state index contributed by atoms with van der Waals surface area (Å²) >= 11 is 3.37. The molecule has 82 valence electrons. The quantitative estimate of drug-likeness (QED) is 0.807. The van der Waals surface area contributed by atoms with Crippen LogP contribution in [0.15, 0.2) is 28.7 Å². The number of carbonyl (C=O) groups excluding carboxylic acids is 1. The fourth-order valence-electron chi connectivity index (χ4n) is 1.17. The number of rotatable bonds is 5. The molecule has 0 saturated heterocycles. The predicted octanol–water partition coefficient (Wildman–Crippen LogP) is 2.39. The van der Waals surface area contributed by atoms with E-state index in [1.807, 2.05) is 24.3 Å². The minimum Gasteiger partial charge on any atom is -0.385 e. The third-order valence-electron chi connectivity index (χ3n) is 2.03. The molecule has 1 rings (SSSR count). The van der Waals surface area contributed by atoms with E-state index in [0.29, 0.717) is 6.42 Å². The molecule has 0 aliphatic heterocycles. The number of hydrogen-bond donors (Lipinski definition) is 2. The highest BCUT2D eigenvalue weighted by Gasteiger charge is 1.97. The lowest BCUT2D eigenvalue weighted by Gasteiger charge is -2.05. The van der Waals surface area contributed by atoms with Gasteiger partial charge in [-0.05, 0) is 30.7 Å². The van der Waals surface area contributed by atoms with Crippen molar-refractivity contribution in [1.29, 1.82) is 0 Å². The molecule has 2 N–H and O–H groups in total. The molecule has 0 bridgehead atoms. The summed E-state index contributed by atoms with van der Waals surface area (Å²) in [6.07, 6.45) is 1.41. The Morgan fingerprint density at radius 3 is 2.60 bits per heavy atom. The van der Waals surface area contributed by atoms with E-state index in [1.165, 1.54) is 0 Å². The zero-order chi connectivity index (χ0) is 11.1. The van der Waals surface area contributed by atoms with Crippen LogP contribution >= 0.6 is 15.9 Å². The zero-order valence-corrected chi connectivity index (χ0v) is 10.3. The lowest BCUT2D eigenvalue weighted by molar-refractivity contribution is -0.120. The first-order valence-corrected chi connectivity index (χ1v) is 5.71. The van der Waals surface area contributed by atoms with Gasteiger partial charge in [-0.25, -0.2) is 0 Å². The van der Waals surface area contributed by atoms with Gasteiger partial charge in [-0.15, -0.1) is 0 Å². The Kier molecular flexibility index (Phi) is 5.18. The smallest absolute Gasteiger partial charge is 0.219 e. The molecule has 1 amide bonds. The number of anilines is 1. The van der Waals surface area contributed by atoms with E-state index in [-0.39, 0.29) is 5.91 Å². The molecule has 15 heavy (non-hydrogen) atoms. The molecule has 3 nitrogen and oxygen atoms in total. The van der Waals surface area contributed by atoms with Gasteiger partial charge < -0.3 is 10.6 Å². The van der Waals surface area contributed by atoms with Crippen molar-refractivity contribution in [2.45, 2.75) is 12.8 Å².